The van der Waals surface area contributed by atoms with Gasteiger partial charge in [-0.05, 0) is 68.0 Å². The van der Waals surface area contributed by atoms with Crippen molar-refractivity contribution in [3.8, 4) is 0 Å². The van der Waals surface area contributed by atoms with Crippen LogP contribution in [0.25, 0.3) is 0 Å². The molecule has 2 unspecified atom stereocenters. The van der Waals surface area contributed by atoms with Crippen LogP contribution in [0.5, 0.6) is 0 Å². The molecule has 3 N–H and O–H groups in total. The minimum atomic E-state index is 0.557. The van der Waals surface area contributed by atoms with Crippen LogP contribution >= 0.6 is 0 Å². The molecular formula is C16H23N3. The van der Waals surface area contributed by atoms with Gasteiger partial charge in [-0.3, -0.25) is 0 Å². The second-order valence-corrected chi connectivity index (χ2v) is 6.46. The first-order valence-corrected chi connectivity index (χ1v) is 7.66. The van der Waals surface area contributed by atoms with Crippen LogP contribution in [0, 0.1) is 5.92 Å². The van der Waals surface area contributed by atoms with Gasteiger partial charge in [-0.1, -0.05) is 6.07 Å². The van der Waals surface area contributed by atoms with Gasteiger partial charge in [-0.25, -0.2) is 0 Å². The monoisotopic (exact) mass is 257 g/mol. The van der Waals surface area contributed by atoms with E-state index in [0.717, 1.165) is 11.6 Å². The minimum absolute atomic E-state index is 0.557. The number of nitrogens with two attached hydrogens (primary N) is 1. The number of anilines is 1. The molecule has 0 aromatic heterocycles. The zero-order valence-electron chi connectivity index (χ0n) is 11.4. The molecule has 3 heterocycles. The van der Waals surface area contributed by atoms with Crippen molar-refractivity contribution >= 4 is 5.69 Å². The second-order valence-electron chi connectivity index (χ2n) is 6.46. The zero-order valence-corrected chi connectivity index (χ0v) is 11.4. The summed E-state index contributed by atoms with van der Waals surface area (Å²) in [4.78, 5) is 2.62. The van der Waals surface area contributed by atoms with Gasteiger partial charge in [0.1, 0.15) is 0 Å². The van der Waals surface area contributed by atoms with E-state index in [-0.39, 0.29) is 0 Å². The number of nitrogens with zero attached hydrogens (tertiary/aromatic N) is 1. The number of aryl methyl sites for hydroxylation is 1. The summed E-state index contributed by atoms with van der Waals surface area (Å²) in [6.07, 6.45) is 5.19. The van der Waals surface area contributed by atoms with E-state index in [1.165, 1.54) is 56.4 Å². The van der Waals surface area contributed by atoms with Crippen LogP contribution in [-0.4, -0.2) is 30.6 Å². The Hall–Kier alpha value is -1.06. The van der Waals surface area contributed by atoms with Crippen molar-refractivity contribution in [2.24, 2.45) is 5.92 Å². The molecule has 2 atom stereocenters. The van der Waals surface area contributed by atoms with Gasteiger partial charge in [0.2, 0.25) is 0 Å². The number of nitrogens with one attached hydrogen (secondary N) is 1. The van der Waals surface area contributed by atoms with E-state index in [0.29, 0.717) is 12.1 Å². The molecule has 3 saturated heterocycles. The van der Waals surface area contributed by atoms with Crippen LogP contribution in [-0.2, 0) is 6.42 Å². The van der Waals surface area contributed by atoms with Crippen molar-refractivity contribution in [1.82, 2.24) is 10.2 Å². The highest BCUT2D eigenvalue weighted by Gasteiger charge is 2.36. The molecule has 2 bridgehead atoms. The highest BCUT2D eigenvalue weighted by atomic mass is 15.2. The lowest BCUT2D eigenvalue weighted by atomic mass is 9.83. The molecular weight excluding hydrogens is 234 g/mol. The van der Waals surface area contributed by atoms with Crippen molar-refractivity contribution in [3.63, 3.8) is 0 Å². The molecule has 0 amide bonds. The maximum absolute atomic E-state index is 5.88. The summed E-state index contributed by atoms with van der Waals surface area (Å²) >= 11 is 0. The van der Waals surface area contributed by atoms with E-state index in [1.807, 2.05) is 0 Å². The standard InChI is InChI=1S/C16H23N3/c17-13-2-3-14-12(9-13)1-4-15(14)18-16-10-19-7-5-11(16)6-8-19/h2-3,9,11,15-16,18H,1,4-8,10,17H2. The van der Waals surface area contributed by atoms with E-state index in [2.05, 4.69) is 28.4 Å². The number of hydrogen-bond acceptors (Lipinski definition) is 3. The zero-order chi connectivity index (χ0) is 12.8. The van der Waals surface area contributed by atoms with Gasteiger partial charge in [0.15, 0.2) is 0 Å². The maximum Gasteiger partial charge on any atom is 0.0329 e. The Balaban J connectivity index is 1.50. The van der Waals surface area contributed by atoms with Crippen molar-refractivity contribution < 1.29 is 0 Å². The maximum atomic E-state index is 5.88. The molecule has 1 aromatic carbocycles. The fourth-order valence-corrected chi connectivity index (χ4v) is 4.22. The lowest BCUT2D eigenvalue weighted by Gasteiger charge is -2.46. The molecule has 3 fully saturated rings. The van der Waals surface area contributed by atoms with Crippen molar-refractivity contribution in [1.29, 1.82) is 0 Å². The predicted octanol–water partition coefficient (Wildman–Crippen LogP) is 1.94. The molecule has 0 radical (unpaired) electrons. The van der Waals surface area contributed by atoms with Crippen LogP contribution in [0.2, 0.25) is 0 Å². The van der Waals surface area contributed by atoms with E-state index in [1.54, 1.807) is 0 Å². The average Bonchev–Trinajstić information content (AvgIpc) is 2.82. The van der Waals surface area contributed by atoms with Gasteiger partial charge >= 0.3 is 0 Å². The molecule has 3 aliphatic heterocycles. The molecule has 102 valence electrons. The second kappa shape index (κ2) is 4.50. The SMILES string of the molecule is Nc1ccc2c(c1)CCC2NC1CN2CCC1CC2. The van der Waals surface area contributed by atoms with Gasteiger partial charge < -0.3 is 16.0 Å². The average molecular weight is 257 g/mol. The Labute approximate surface area is 115 Å². The molecule has 3 nitrogen and oxygen atoms in total. The number of fused-ring (bicyclic) bond motifs is 4. The quantitative estimate of drug-likeness (QED) is 0.796. The Kier molecular flexibility index (Phi) is 2.78. The fraction of sp³-hybridized carbons (Fsp3) is 0.625. The Morgan fingerprint density at radius 3 is 2.74 bits per heavy atom. The molecule has 0 saturated carbocycles. The van der Waals surface area contributed by atoms with Gasteiger partial charge in [0.05, 0.1) is 0 Å². The first-order chi connectivity index (χ1) is 9.29. The van der Waals surface area contributed by atoms with Crippen molar-refractivity contribution in [2.75, 3.05) is 25.4 Å². The normalized spacial score (nSPS) is 36.4. The van der Waals surface area contributed by atoms with Crippen LogP contribution in [0.4, 0.5) is 5.69 Å². The summed E-state index contributed by atoms with van der Waals surface area (Å²) in [6, 6.07) is 7.71. The van der Waals surface area contributed by atoms with E-state index in [9.17, 15) is 0 Å². The molecule has 19 heavy (non-hydrogen) atoms. The third-order valence-corrected chi connectivity index (χ3v) is 5.32. The number of rotatable bonds is 2. The largest absolute Gasteiger partial charge is 0.399 e. The smallest absolute Gasteiger partial charge is 0.0329 e. The number of hydrogen-bond donors (Lipinski definition) is 2. The van der Waals surface area contributed by atoms with E-state index < -0.39 is 0 Å². The Bertz CT molecular complexity index is 477. The van der Waals surface area contributed by atoms with Gasteiger partial charge in [-0.2, -0.15) is 0 Å². The molecule has 0 spiro atoms. The molecule has 1 aliphatic carbocycles. The highest BCUT2D eigenvalue weighted by Crippen LogP contribution is 2.35. The predicted molar refractivity (Wildman–Crippen MR) is 78.0 cm³/mol. The Morgan fingerprint density at radius 1 is 1.16 bits per heavy atom. The van der Waals surface area contributed by atoms with Gasteiger partial charge in [-0.15, -0.1) is 0 Å². The number of nitrogen functional groups attached to an aromatic ring is 1. The van der Waals surface area contributed by atoms with Crippen molar-refractivity contribution in [3.05, 3.63) is 29.3 Å². The van der Waals surface area contributed by atoms with Crippen LogP contribution in [0.3, 0.4) is 0 Å². The first kappa shape index (κ1) is 11.7. The van der Waals surface area contributed by atoms with Gasteiger partial charge in [0.25, 0.3) is 0 Å². The highest BCUT2D eigenvalue weighted by molar-refractivity contribution is 5.47. The van der Waals surface area contributed by atoms with Crippen molar-refractivity contribution in [2.45, 2.75) is 37.8 Å². The number of piperidine rings is 3. The number of benzene rings is 1. The fourth-order valence-electron chi connectivity index (χ4n) is 4.22. The molecule has 5 rings (SSSR count). The lowest BCUT2D eigenvalue weighted by Crippen LogP contribution is -2.56. The molecule has 3 heteroatoms. The summed E-state index contributed by atoms with van der Waals surface area (Å²) in [5, 5.41) is 3.94. The van der Waals surface area contributed by atoms with Crippen LogP contribution < -0.4 is 11.1 Å². The molecule has 4 aliphatic rings. The lowest BCUT2D eigenvalue weighted by molar-refractivity contribution is 0.0670. The summed E-state index contributed by atoms with van der Waals surface area (Å²) in [5.74, 6) is 0.905. The summed E-state index contributed by atoms with van der Waals surface area (Å²) in [5.41, 5.74) is 9.74. The third kappa shape index (κ3) is 2.05. The Morgan fingerprint density at radius 2 is 2.00 bits per heavy atom. The van der Waals surface area contributed by atoms with Crippen LogP contribution in [0.1, 0.15) is 36.4 Å². The first-order valence-electron chi connectivity index (χ1n) is 7.66. The topological polar surface area (TPSA) is 41.3 Å². The third-order valence-electron chi connectivity index (χ3n) is 5.32. The molecule has 1 aromatic rings. The van der Waals surface area contributed by atoms with E-state index >= 15 is 0 Å². The van der Waals surface area contributed by atoms with Crippen LogP contribution in [0.15, 0.2) is 18.2 Å². The summed E-state index contributed by atoms with van der Waals surface area (Å²) in [7, 11) is 0. The van der Waals surface area contributed by atoms with E-state index in [4.69, 9.17) is 5.73 Å². The summed E-state index contributed by atoms with van der Waals surface area (Å²) < 4.78 is 0. The van der Waals surface area contributed by atoms with Gasteiger partial charge in [0, 0.05) is 24.3 Å². The minimum Gasteiger partial charge on any atom is -0.399 e. The summed E-state index contributed by atoms with van der Waals surface area (Å²) in [6.45, 7) is 3.90.